The summed E-state index contributed by atoms with van der Waals surface area (Å²) in [6.45, 7) is 2.89. The molecule has 0 aromatic heterocycles. The van der Waals surface area contributed by atoms with Gasteiger partial charge >= 0.3 is 0 Å². The van der Waals surface area contributed by atoms with Crippen LogP contribution in [-0.2, 0) is 27.2 Å². The maximum Gasteiger partial charge on any atom is 0.251 e. The van der Waals surface area contributed by atoms with E-state index in [0.29, 0.717) is 19.4 Å². The van der Waals surface area contributed by atoms with E-state index in [4.69, 9.17) is 10.5 Å². The van der Waals surface area contributed by atoms with Crippen molar-refractivity contribution in [1.29, 1.82) is 0 Å². The lowest BCUT2D eigenvalue weighted by molar-refractivity contribution is -0.163. The van der Waals surface area contributed by atoms with Gasteiger partial charge in [0.2, 0.25) is 5.91 Å². The van der Waals surface area contributed by atoms with Gasteiger partial charge in [-0.15, -0.1) is 0 Å². The lowest BCUT2D eigenvalue weighted by atomic mass is 9.90. The van der Waals surface area contributed by atoms with E-state index in [1.54, 1.807) is 4.90 Å². The molecule has 32 heavy (non-hydrogen) atoms. The van der Waals surface area contributed by atoms with E-state index >= 15 is 0 Å². The molecule has 1 saturated heterocycles. The lowest BCUT2D eigenvalue weighted by Crippen LogP contribution is -2.61. The van der Waals surface area contributed by atoms with Crippen LogP contribution in [-0.4, -0.2) is 42.0 Å². The molecule has 5 nitrogen and oxygen atoms in total. The Morgan fingerprint density at radius 1 is 0.938 bits per heavy atom. The van der Waals surface area contributed by atoms with Crippen molar-refractivity contribution < 1.29 is 14.3 Å². The van der Waals surface area contributed by atoms with Crippen molar-refractivity contribution in [3.8, 4) is 11.1 Å². The molecule has 1 unspecified atom stereocenters. The molecule has 2 N–H and O–H groups in total. The summed E-state index contributed by atoms with van der Waals surface area (Å²) in [6.07, 6.45) is 0.608. The molecule has 0 spiro atoms. The van der Waals surface area contributed by atoms with Gasteiger partial charge in [0.25, 0.3) is 5.91 Å². The fourth-order valence-electron chi connectivity index (χ4n) is 4.27. The van der Waals surface area contributed by atoms with Gasteiger partial charge in [0.05, 0.1) is 19.6 Å². The zero-order valence-corrected chi connectivity index (χ0v) is 18.3. The van der Waals surface area contributed by atoms with Gasteiger partial charge in [0.1, 0.15) is 0 Å². The molecular weight excluding hydrogens is 400 g/mol. The van der Waals surface area contributed by atoms with Crippen LogP contribution in [0.2, 0.25) is 0 Å². The van der Waals surface area contributed by atoms with E-state index in [1.807, 2.05) is 79.7 Å². The first kappa shape index (κ1) is 21.8. The van der Waals surface area contributed by atoms with Crippen molar-refractivity contribution in [3.05, 3.63) is 95.6 Å². The molecule has 5 heteroatoms. The Kier molecular flexibility index (Phi) is 6.37. The third-order valence-electron chi connectivity index (χ3n) is 5.95. The molecule has 1 aliphatic rings. The van der Waals surface area contributed by atoms with Crippen molar-refractivity contribution in [2.75, 3.05) is 19.7 Å². The molecule has 0 radical (unpaired) electrons. The molecular formula is C27H28N2O3. The zero-order chi connectivity index (χ0) is 22.6. The summed E-state index contributed by atoms with van der Waals surface area (Å²) in [5.41, 5.74) is 9.77. The second-order valence-corrected chi connectivity index (χ2v) is 8.43. The molecule has 1 aliphatic heterocycles. The third kappa shape index (κ3) is 4.89. The normalized spacial score (nSPS) is 18.3. The maximum absolute atomic E-state index is 13.0. The number of amides is 2. The summed E-state index contributed by atoms with van der Waals surface area (Å²) < 4.78 is 5.96. The Hall–Kier alpha value is -3.44. The fraction of sp³-hybridized carbons (Fsp3) is 0.259. The van der Waals surface area contributed by atoms with Crippen molar-refractivity contribution in [1.82, 2.24) is 4.90 Å². The highest BCUT2D eigenvalue weighted by Crippen LogP contribution is 2.27. The Balaban J connectivity index is 1.53. The number of carbonyl (C=O) groups excluding carboxylic acids is 2. The molecule has 0 aliphatic carbocycles. The average Bonchev–Trinajstić information content (AvgIpc) is 2.80. The van der Waals surface area contributed by atoms with Gasteiger partial charge in [-0.3, -0.25) is 9.59 Å². The Labute approximate surface area is 188 Å². The predicted molar refractivity (Wildman–Crippen MR) is 125 cm³/mol. The number of benzene rings is 3. The van der Waals surface area contributed by atoms with Crippen LogP contribution in [0, 0.1) is 6.92 Å². The van der Waals surface area contributed by atoms with Crippen LogP contribution in [0.4, 0.5) is 0 Å². The van der Waals surface area contributed by atoms with Gasteiger partial charge in [-0.1, -0.05) is 84.4 Å². The fourth-order valence-corrected chi connectivity index (χ4v) is 4.27. The summed E-state index contributed by atoms with van der Waals surface area (Å²) in [5, 5.41) is 0. The maximum atomic E-state index is 13.0. The highest BCUT2D eigenvalue weighted by atomic mass is 16.5. The summed E-state index contributed by atoms with van der Waals surface area (Å²) in [4.78, 5) is 27.3. The standard InChI is InChI=1S/C27H28N2O3/c1-20-7-5-8-21(15-20)17-25(30)29-13-14-32-27(19-29,26(28)31)18-22-9-6-12-24(16-22)23-10-3-2-4-11-23/h2-12,15-16H,13-14,17-19H2,1H3,(H2,28,31). The van der Waals surface area contributed by atoms with Crippen molar-refractivity contribution in [3.63, 3.8) is 0 Å². The number of hydrogen-bond donors (Lipinski definition) is 1. The molecule has 164 valence electrons. The van der Waals surface area contributed by atoms with Crippen molar-refractivity contribution in [2.45, 2.75) is 25.4 Å². The number of carbonyl (C=O) groups is 2. The molecule has 2 amide bonds. The Bertz CT molecular complexity index is 1110. The second-order valence-electron chi connectivity index (χ2n) is 8.43. The summed E-state index contributed by atoms with van der Waals surface area (Å²) in [5.74, 6) is -0.571. The van der Waals surface area contributed by atoms with Crippen LogP contribution in [0.1, 0.15) is 16.7 Å². The van der Waals surface area contributed by atoms with E-state index in [0.717, 1.165) is 27.8 Å². The first-order valence-corrected chi connectivity index (χ1v) is 10.9. The van der Waals surface area contributed by atoms with Gasteiger partial charge in [-0.25, -0.2) is 0 Å². The van der Waals surface area contributed by atoms with E-state index in [9.17, 15) is 9.59 Å². The number of rotatable bonds is 6. The second kappa shape index (κ2) is 9.37. The number of primary amides is 1. The molecule has 0 bridgehead atoms. The van der Waals surface area contributed by atoms with Gasteiger partial charge < -0.3 is 15.4 Å². The molecule has 1 fully saturated rings. The van der Waals surface area contributed by atoms with Crippen LogP contribution >= 0.6 is 0 Å². The minimum absolute atomic E-state index is 0.0254. The van der Waals surface area contributed by atoms with Crippen molar-refractivity contribution in [2.24, 2.45) is 5.73 Å². The van der Waals surface area contributed by atoms with Gasteiger partial charge in [0, 0.05) is 13.0 Å². The first-order chi connectivity index (χ1) is 15.4. The van der Waals surface area contributed by atoms with Crippen molar-refractivity contribution >= 4 is 11.8 Å². The SMILES string of the molecule is Cc1cccc(CC(=O)N2CCOC(Cc3cccc(-c4ccccc4)c3)(C(N)=O)C2)c1. The topological polar surface area (TPSA) is 72.6 Å². The van der Waals surface area contributed by atoms with Crippen LogP contribution in [0.5, 0.6) is 0 Å². The van der Waals surface area contributed by atoms with E-state index < -0.39 is 11.5 Å². The molecule has 1 atom stereocenters. The largest absolute Gasteiger partial charge is 0.367 e. The van der Waals surface area contributed by atoms with Crippen LogP contribution < -0.4 is 5.73 Å². The number of nitrogens with two attached hydrogens (primary N) is 1. The summed E-state index contributed by atoms with van der Waals surface area (Å²) >= 11 is 0. The van der Waals surface area contributed by atoms with E-state index in [2.05, 4.69) is 6.07 Å². The molecule has 0 saturated carbocycles. The number of aryl methyl sites for hydroxylation is 1. The van der Waals surface area contributed by atoms with Crippen LogP contribution in [0.15, 0.2) is 78.9 Å². The number of nitrogens with zero attached hydrogens (tertiary/aromatic N) is 1. The third-order valence-corrected chi connectivity index (χ3v) is 5.95. The number of hydrogen-bond acceptors (Lipinski definition) is 3. The van der Waals surface area contributed by atoms with Crippen LogP contribution in [0.25, 0.3) is 11.1 Å². The molecule has 3 aromatic carbocycles. The summed E-state index contributed by atoms with van der Waals surface area (Å²) in [7, 11) is 0. The molecule has 1 heterocycles. The Morgan fingerprint density at radius 3 is 2.41 bits per heavy atom. The monoisotopic (exact) mass is 428 g/mol. The highest BCUT2D eigenvalue weighted by Gasteiger charge is 2.43. The summed E-state index contributed by atoms with van der Waals surface area (Å²) in [6, 6.07) is 26.0. The number of ether oxygens (including phenoxy) is 1. The lowest BCUT2D eigenvalue weighted by Gasteiger charge is -2.41. The zero-order valence-electron chi connectivity index (χ0n) is 18.3. The minimum atomic E-state index is -1.24. The first-order valence-electron chi connectivity index (χ1n) is 10.9. The van der Waals surface area contributed by atoms with E-state index in [-0.39, 0.29) is 19.1 Å². The molecule has 4 rings (SSSR count). The Morgan fingerprint density at radius 2 is 1.66 bits per heavy atom. The van der Waals surface area contributed by atoms with Gasteiger partial charge in [-0.2, -0.15) is 0 Å². The average molecular weight is 429 g/mol. The predicted octanol–water partition coefficient (Wildman–Crippen LogP) is 3.53. The minimum Gasteiger partial charge on any atom is -0.367 e. The number of morpholine rings is 1. The smallest absolute Gasteiger partial charge is 0.251 e. The van der Waals surface area contributed by atoms with E-state index in [1.165, 1.54) is 0 Å². The quantitative estimate of drug-likeness (QED) is 0.653. The highest BCUT2D eigenvalue weighted by molar-refractivity contribution is 5.86. The molecule has 3 aromatic rings. The van der Waals surface area contributed by atoms with Gasteiger partial charge in [-0.05, 0) is 29.2 Å². The van der Waals surface area contributed by atoms with Gasteiger partial charge in [0.15, 0.2) is 5.60 Å². The van der Waals surface area contributed by atoms with Crippen LogP contribution in [0.3, 0.4) is 0 Å².